The van der Waals surface area contributed by atoms with Crippen LogP contribution in [0.4, 0.5) is 10.1 Å². The van der Waals surface area contributed by atoms with Crippen molar-refractivity contribution in [3.8, 4) is 23.1 Å². The lowest BCUT2D eigenvalue weighted by atomic mass is 9.93. The Bertz CT molecular complexity index is 1580. The Hall–Kier alpha value is -4.77. The third-order valence-corrected chi connectivity index (χ3v) is 7.39. The third kappa shape index (κ3) is 7.55. The van der Waals surface area contributed by atoms with E-state index in [1.165, 1.54) is 18.5 Å². The first-order valence-corrected chi connectivity index (χ1v) is 14.2. The summed E-state index contributed by atoms with van der Waals surface area (Å²) >= 11 is 0. The largest absolute Gasteiger partial charge is 0.493 e. The predicted molar refractivity (Wildman–Crippen MR) is 160 cm³/mol. The van der Waals surface area contributed by atoms with Gasteiger partial charge in [0.2, 0.25) is 5.88 Å². The first-order chi connectivity index (χ1) is 20.9. The Morgan fingerprint density at radius 2 is 1.79 bits per heavy atom. The summed E-state index contributed by atoms with van der Waals surface area (Å²) < 4.78 is 32.7. The van der Waals surface area contributed by atoms with E-state index >= 15 is 4.39 Å². The SMILES string of the molecule is COc1cc2c(Oc3ccc(NC(=O)C(=O)NCCc4ccccc4)cc3F)ncnc2cc1OC(C)C1CCNCC1. The number of halogens is 1. The first kappa shape index (κ1) is 29.7. The number of benzene rings is 3. The maximum atomic E-state index is 15.0. The van der Waals surface area contributed by atoms with Gasteiger partial charge in [-0.05, 0) is 69.0 Å². The van der Waals surface area contributed by atoms with Gasteiger partial charge in [0.1, 0.15) is 6.33 Å². The van der Waals surface area contributed by atoms with Gasteiger partial charge in [-0.1, -0.05) is 30.3 Å². The van der Waals surface area contributed by atoms with E-state index in [9.17, 15) is 9.59 Å². The minimum Gasteiger partial charge on any atom is -0.493 e. The van der Waals surface area contributed by atoms with E-state index < -0.39 is 17.6 Å². The summed E-state index contributed by atoms with van der Waals surface area (Å²) in [6.45, 7) is 4.28. The van der Waals surface area contributed by atoms with Gasteiger partial charge < -0.3 is 30.2 Å². The zero-order chi connectivity index (χ0) is 30.2. The van der Waals surface area contributed by atoms with Gasteiger partial charge in [0, 0.05) is 24.4 Å². The van der Waals surface area contributed by atoms with Crippen LogP contribution in [0, 0.1) is 11.7 Å². The van der Waals surface area contributed by atoms with Crippen LogP contribution < -0.4 is 30.2 Å². The molecule has 1 aromatic heterocycles. The number of aromatic nitrogens is 2. The topological polar surface area (TPSA) is 124 Å². The molecule has 1 aliphatic heterocycles. The summed E-state index contributed by atoms with van der Waals surface area (Å²) in [5.74, 6) is -1.00. The quantitative estimate of drug-likeness (QED) is 0.230. The van der Waals surface area contributed by atoms with Gasteiger partial charge in [0.25, 0.3) is 0 Å². The van der Waals surface area contributed by atoms with Crippen molar-refractivity contribution < 1.29 is 28.2 Å². The summed E-state index contributed by atoms with van der Waals surface area (Å²) in [7, 11) is 1.55. The standard InChI is InChI=1S/C32H34FN5O5/c1-20(22-11-13-34-14-12-22)42-29-18-26-24(17-28(29)41-2)32(37-19-36-26)43-27-9-8-23(16-25(27)33)38-31(40)30(39)35-15-10-21-6-4-3-5-7-21/h3-9,16-20,22,34H,10-15H2,1-2H3,(H,35,39)(H,38,40). The molecule has 0 saturated carbocycles. The van der Waals surface area contributed by atoms with Gasteiger partial charge in [0.15, 0.2) is 23.1 Å². The van der Waals surface area contributed by atoms with Crippen LogP contribution in [0.3, 0.4) is 0 Å². The molecular weight excluding hydrogens is 553 g/mol. The van der Waals surface area contributed by atoms with E-state index in [1.54, 1.807) is 19.2 Å². The number of hydrogen-bond donors (Lipinski definition) is 3. The molecule has 1 fully saturated rings. The summed E-state index contributed by atoms with van der Waals surface area (Å²) in [6, 6.07) is 16.9. The molecule has 43 heavy (non-hydrogen) atoms. The fraction of sp³-hybridized carbons (Fsp3) is 0.312. The maximum absolute atomic E-state index is 15.0. The third-order valence-electron chi connectivity index (χ3n) is 7.39. The van der Waals surface area contributed by atoms with Crippen LogP contribution in [0.5, 0.6) is 23.1 Å². The van der Waals surface area contributed by atoms with Crippen LogP contribution in [0.15, 0.2) is 67.0 Å². The number of nitrogens with zero attached hydrogens (tertiary/aromatic N) is 2. The number of nitrogens with one attached hydrogen (secondary N) is 3. The molecule has 1 unspecified atom stereocenters. The van der Waals surface area contributed by atoms with E-state index in [-0.39, 0.29) is 23.4 Å². The number of rotatable bonds is 10. The molecule has 3 aromatic carbocycles. The van der Waals surface area contributed by atoms with E-state index in [4.69, 9.17) is 14.2 Å². The molecule has 4 aromatic rings. The summed E-state index contributed by atoms with van der Waals surface area (Å²) in [5, 5.41) is 8.84. The highest BCUT2D eigenvalue weighted by molar-refractivity contribution is 6.39. The molecular formula is C32H34FN5O5. The highest BCUT2D eigenvalue weighted by Crippen LogP contribution is 2.38. The molecule has 2 amide bonds. The van der Waals surface area contributed by atoms with Gasteiger partial charge in [-0.15, -0.1) is 0 Å². The molecule has 1 aliphatic rings. The van der Waals surface area contributed by atoms with Crippen molar-refractivity contribution in [3.05, 3.63) is 78.4 Å². The van der Waals surface area contributed by atoms with Crippen LogP contribution in [0.2, 0.25) is 0 Å². The number of fused-ring (bicyclic) bond motifs is 1. The Morgan fingerprint density at radius 3 is 2.53 bits per heavy atom. The lowest BCUT2D eigenvalue weighted by molar-refractivity contribution is -0.136. The van der Waals surface area contributed by atoms with E-state index in [1.807, 2.05) is 30.3 Å². The van der Waals surface area contributed by atoms with Crippen molar-refractivity contribution in [1.82, 2.24) is 20.6 Å². The number of ether oxygens (including phenoxy) is 3. The van der Waals surface area contributed by atoms with Crippen molar-refractivity contribution in [2.75, 3.05) is 32.1 Å². The Kier molecular flexibility index (Phi) is 9.63. The van der Waals surface area contributed by atoms with Crippen molar-refractivity contribution in [3.63, 3.8) is 0 Å². The van der Waals surface area contributed by atoms with E-state index in [0.717, 1.165) is 37.6 Å². The summed E-state index contributed by atoms with van der Waals surface area (Å²) in [4.78, 5) is 33.1. The predicted octanol–water partition coefficient (Wildman–Crippen LogP) is 4.63. The molecule has 0 bridgehead atoms. The van der Waals surface area contributed by atoms with Crippen molar-refractivity contribution >= 4 is 28.4 Å². The van der Waals surface area contributed by atoms with Crippen molar-refractivity contribution in [2.24, 2.45) is 5.92 Å². The number of amides is 2. The summed E-state index contributed by atoms with van der Waals surface area (Å²) in [5.41, 5.74) is 1.68. The number of carbonyl (C=O) groups is 2. The molecule has 0 radical (unpaired) electrons. The fourth-order valence-electron chi connectivity index (χ4n) is 4.98. The van der Waals surface area contributed by atoms with Crippen LogP contribution in [-0.4, -0.2) is 54.6 Å². The maximum Gasteiger partial charge on any atom is 0.313 e. The number of hydrogen-bond acceptors (Lipinski definition) is 8. The lowest BCUT2D eigenvalue weighted by Gasteiger charge is -2.29. The molecule has 5 rings (SSSR count). The Labute approximate surface area is 249 Å². The Morgan fingerprint density at radius 1 is 1.00 bits per heavy atom. The monoisotopic (exact) mass is 587 g/mol. The average Bonchev–Trinajstić information content (AvgIpc) is 3.03. The number of anilines is 1. The molecule has 1 saturated heterocycles. The molecule has 1 atom stereocenters. The van der Waals surface area contributed by atoms with Gasteiger partial charge in [-0.25, -0.2) is 14.4 Å². The van der Waals surface area contributed by atoms with Gasteiger partial charge in [0.05, 0.1) is 24.1 Å². The zero-order valence-corrected chi connectivity index (χ0v) is 24.1. The van der Waals surface area contributed by atoms with Crippen LogP contribution in [0.1, 0.15) is 25.3 Å². The van der Waals surface area contributed by atoms with Gasteiger partial charge in [-0.3, -0.25) is 9.59 Å². The zero-order valence-electron chi connectivity index (χ0n) is 24.1. The molecule has 3 N–H and O–H groups in total. The highest BCUT2D eigenvalue weighted by Gasteiger charge is 2.23. The van der Waals surface area contributed by atoms with Crippen LogP contribution >= 0.6 is 0 Å². The highest BCUT2D eigenvalue weighted by atomic mass is 19.1. The smallest absolute Gasteiger partial charge is 0.313 e. The van der Waals surface area contributed by atoms with Gasteiger partial charge in [-0.2, -0.15) is 0 Å². The minimum absolute atomic E-state index is 0.0144. The first-order valence-electron chi connectivity index (χ1n) is 14.2. The molecule has 10 nitrogen and oxygen atoms in total. The number of piperidine rings is 1. The lowest BCUT2D eigenvalue weighted by Crippen LogP contribution is -2.36. The molecule has 11 heteroatoms. The van der Waals surface area contributed by atoms with Crippen LogP contribution in [-0.2, 0) is 16.0 Å². The molecule has 2 heterocycles. The van der Waals surface area contributed by atoms with Crippen LogP contribution in [0.25, 0.3) is 10.9 Å². The van der Waals surface area contributed by atoms with Gasteiger partial charge >= 0.3 is 11.8 Å². The number of carbonyl (C=O) groups excluding carboxylic acids is 2. The molecule has 224 valence electrons. The molecule has 0 spiro atoms. The van der Waals surface area contributed by atoms with Crippen molar-refractivity contribution in [2.45, 2.75) is 32.3 Å². The second-order valence-corrected chi connectivity index (χ2v) is 10.3. The average molecular weight is 588 g/mol. The molecule has 0 aliphatic carbocycles. The minimum atomic E-state index is -0.900. The Balaban J connectivity index is 1.24. The van der Waals surface area contributed by atoms with E-state index in [0.29, 0.717) is 41.3 Å². The second-order valence-electron chi connectivity index (χ2n) is 10.3. The fourth-order valence-corrected chi connectivity index (χ4v) is 4.98. The van der Waals surface area contributed by atoms with E-state index in [2.05, 4.69) is 32.8 Å². The van der Waals surface area contributed by atoms with Crippen molar-refractivity contribution in [1.29, 1.82) is 0 Å². The second kappa shape index (κ2) is 13.9. The number of methoxy groups -OCH3 is 1. The summed E-state index contributed by atoms with van der Waals surface area (Å²) in [6.07, 6.45) is 3.96. The normalized spacial score (nSPS) is 14.1.